The van der Waals surface area contributed by atoms with Crippen LogP contribution in [-0.2, 0) is 28.8 Å². The van der Waals surface area contributed by atoms with E-state index in [1.165, 1.54) is 4.90 Å². The highest BCUT2D eigenvalue weighted by Crippen LogP contribution is 2.65. The Morgan fingerprint density at radius 2 is 1.50 bits per heavy atom. The van der Waals surface area contributed by atoms with Crippen LogP contribution in [0.15, 0.2) is 0 Å². The van der Waals surface area contributed by atoms with Crippen LogP contribution in [0.1, 0.15) is 133 Å². The Balaban J connectivity index is 1.22. The van der Waals surface area contributed by atoms with E-state index >= 15 is 0 Å². The summed E-state index contributed by atoms with van der Waals surface area (Å²) >= 11 is 0. The zero-order valence-corrected chi connectivity index (χ0v) is 34.0. The SMILES string of the molecule is CC[C@H]1C[C@]1(NC(=O)[C@@H]1[C@@H]2[C@H](CN1C(=O)[C@@H](NC(=O)N[C@H](CN1C(=O)CC(C)(C)CC1=O)C(C)(C)C)C1(C)CCCCC1)C2(C)C)C(=O)C(=O)NC1CC1. The van der Waals surface area contributed by atoms with Crippen molar-refractivity contribution in [2.24, 2.45) is 39.4 Å². The lowest BCUT2D eigenvalue weighted by Gasteiger charge is -2.44. The molecule has 0 aromatic rings. The summed E-state index contributed by atoms with van der Waals surface area (Å²) in [5.74, 6) is -2.78. The van der Waals surface area contributed by atoms with Gasteiger partial charge in [-0.05, 0) is 71.5 Å². The van der Waals surface area contributed by atoms with Crippen LogP contribution in [0.5, 0.6) is 0 Å². The van der Waals surface area contributed by atoms with Gasteiger partial charge >= 0.3 is 6.03 Å². The molecule has 4 N–H and O–H groups in total. The Labute approximate surface area is 320 Å². The van der Waals surface area contributed by atoms with E-state index in [4.69, 9.17) is 0 Å². The number of hydrogen-bond acceptors (Lipinski definition) is 7. The number of nitrogens with zero attached hydrogens (tertiary/aromatic N) is 2. The van der Waals surface area contributed by atoms with Gasteiger partial charge in [0.25, 0.3) is 5.91 Å². The van der Waals surface area contributed by atoms with Crippen LogP contribution in [-0.4, -0.2) is 93.9 Å². The second kappa shape index (κ2) is 13.9. The second-order valence-corrected chi connectivity index (χ2v) is 20.3. The molecular weight excluding hydrogens is 688 g/mol. The van der Waals surface area contributed by atoms with Gasteiger partial charge < -0.3 is 26.2 Å². The zero-order chi connectivity index (χ0) is 39.8. The molecule has 0 unspecified atom stereocenters. The smallest absolute Gasteiger partial charge is 0.315 e. The van der Waals surface area contributed by atoms with Gasteiger partial charge in [0.2, 0.25) is 29.4 Å². The van der Waals surface area contributed by atoms with E-state index in [1.54, 1.807) is 4.90 Å². The van der Waals surface area contributed by atoms with Gasteiger partial charge in [-0.3, -0.25) is 33.7 Å². The van der Waals surface area contributed by atoms with Crippen molar-refractivity contribution >= 4 is 41.4 Å². The number of fused-ring (bicyclic) bond motifs is 1. The van der Waals surface area contributed by atoms with E-state index in [0.29, 0.717) is 32.2 Å². The van der Waals surface area contributed by atoms with Gasteiger partial charge in [-0.15, -0.1) is 0 Å². The number of amides is 7. The number of hydrogen-bond donors (Lipinski definition) is 4. The maximum absolute atomic E-state index is 15.0. The molecule has 7 atom stereocenters. The van der Waals surface area contributed by atoms with Crippen molar-refractivity contribution in [1.82, 2.24) is 31.1 Å². The predicted octanol–water partition coefficient (Wildman–Crippen LogP) is 3.83. The minimum absolute atomic E-state index is 0.00705. The number of carbonyl (C=O) groups excluding carboxylic acids is 7. The molecule has 54 heavy (non-hydrogen) atoms. The summed E-state index contributed by atoms with van der Waals surface area (Å²) in [6.45, 7) is 18.1. The summed E-state index contributed by atoms with van der Waals surface area (Å²) in [6, 6.07) is -2.96. The molecule has 300 valence electrons. The number of piperidine rings is 2. The molecule has 6 rings (SSSR count). The Hall–Kier alpha value is -3.51. The average molecular weight is 753 g/mol. The largest absolute Gasteiger partial charge is 0.347 e. The molecule has 7 amide bonds. The molecular formula is C41H64N6O7. The summed E-state index contributed by atoms with van der Waals surface area (Å²) in [5, 5.41) is 11.9. The van der Waals surface area contributed by atoms with Crippen LogP contribution < -0.4 is 21.3 Å². The molecule has 6 fully saturated rings. The van der Waals surface area contributed by atoms with Crippen molar-refractivity contribution < 1.29 is 33.6 Å². The monoisotopic (exact) mass is 752 g/mol. The molecule has 6 aliphatic rings. The minimum Gasteiger partial charge on any atom is -0.347 e. The standard InChI is InChI=1S/C41H64N6O7/c1-10-23-18-41(23,32(50)34(52)42-24-14-15-24)45-33(51)30-29-25(39(29,7)8)21-47(30)35(53)31(40(9)16-12-11-13-17-40)44-36(54)43-26(37(2,3)4)22-46-27(48)19-38(5,6)20-28(46)49/h23-26,29-31H,10-22H2,1-9H3,(H,42,52)(H,45,51)(H2,43,44,54)/t23-,25-,26+,29-,30-,31+,41+/m0/s1. The van der Waals surface area contributed by atoms with Crippen molar-refractivity contribution in [1.29, 1.82) is 0 Å². The second-order valence-electron chi connectivity index (χ2n) is 20.3. The van der Waals surface area contributed by atoms with Gasteiger partial charge in [0.1, 0.15) is 17.6 Å². The van der Waals surface area contributed by atoms with Gasteiger partial charge in [0.15, 0.2) is 0 Å². The molecule has 0 spiro atoms. The topological polar surface area (TPSA) is 174 Å². The van der Waals surface area contributed by atoms with E-state index in [1.807, 2.05) is 48.5 Å². The zero-order valence-electron chi connectivity index (χ0n) is 34.0. The third-order valence-corrected chi connectivity index (χ3v) is 14.0. The molecule has 4 aliphatic carbocycles. The highest BCUT2D eigenvalue weighted by atomic mass is 16.2. The Kier molecular flexibility index (Phi) is 10.3. The lowest BCUT2D eigenvalue weighted by molar-refractivity contribution is -0.153. The number of imide groups is 1. The summed E-state index contributed by atoms with van der Waals surface area (Å²) in [7, 11) is 0. The van der Waals surface area contributed by atoms with Crippen molar-refractivity contribution in [3.63, 3.8) is 0 Å². The fourth-order valence-corrected chi connectivity index (χ4v) is 9.91. The first kappa shape index (κ1) is 40.2. The summed E-state index contributed by atoms with van der Waals surface area (Å²) in [5.41, 5.74) is -3.02. The molecule has 0 bridgehead atoms. The van der Waals surface area contributed by atoms with E-state index < -0.39 is 63.5 Å². The van der Waals surface area contributed by atoms with Gasteiger partial charge in [-0.1, -0.05) is 88.0 Å². The Morgan fingerprint density at radius 3 is 2.04 bits per heavy atom. The normalized spacial score (nSPS) is 31.8. The van der Waals surface area contributed by atoms with Gasteiger partial charge in [0.05, 0.1) is 6.04 Å². The lowest BCUT2D eigenvalue weighted by atomic mass is 9.70. The molecule has 2 heterocycles. The summed E-state index contributed by atoms with van der Waals surface area (Å²) in [6.07, 6.45) is 7.43. The molecule has 0 aromatic carbocycles. The molecule has 0 radical (unpaired) electrons. The first-order chi connectivity index (χ1) is 25.0. The van der Waals surface area contributed by atoms with Crippen LogP contribution >= 0.6 is 0 Å². The highest BCUT2D eigenvalue weighted by Gasteiger charge is 2.71. The maximum Gasteiger partial charge on any atom is 0.315 e. The summed E-state index contributed by atoms with van der Waals surface area (Å²) in [4.78, 5) is 99.1. The van der Waals surface area contributed by atoms with Crippen LogP contribution in [0.3, 0.4) is 0 Å². The molecule has 13 heteroatoms. The number of ketones is 1. The molecule has 2 saturated heterocycles. The average Bonchev–Trinajstić information content (AvgIpc) is 4.02. The number of urea groups is 1. The fourth-order valence-electron chi connectivity index (χ4n) is 9.91. The highest BCUT2D eigenvalue weighted by molar-refractivity contribution is 6.41. The minimum atomic E-state index is -1.28. The van der Waals surface area contributed by atoms with Crippen LogP contribution in [0, 0.1) is 39.4 Å². The lowest BCUT2D eigenvalue weighted by Crippen LogP contribution is -2.64. The third kappa shape index (κ3) is 7.66. The first-order valence-corrected chi connectivity index (χ1v) is 20.4. The number of nitrogens with one attached hydrogen (secondary N) is 4. The van der Waals surface area contributed by atoms with Crippen molar-refractivity contribution in [3.05, 3.63) is 0 Å². The fraction of sp³-hybridized carbons (Fsp3) is 0.829. The van der Waals surface area contributed by atoms with E-state index in [0.717, 1.165) is 32.1 Å². The van der Waals surface area contributed by atoms with Crippen molar-refractivity contribution in [3.8, 4) is 0 Å². The Morgan fingerprint density at radius 1 is 0.889 bits per heavy atom. The van der Waals surface area contributed by atoms with Gasteiger partial charge in [0, 0.05) is 32.0 Å². The molecule has 2 aliphatic heterocycles. The van der Waals surface area contributed by atoms with Crippen molar-refractivity contribution in [2.45, 2.75) is 163 Å². The molecule has 4 saturated carbocycles. The van der Waals surface area contributed by atoms with Crippen LogP contribution in [0.2, 0.25) is 0 Å². The number of likely N-dealkylation sites (tertiary alicyclic amines) is 2. The van der Waals surface area contributed by atoms with E-state index in [9.17, 15) is 33.6 Å². The number of Topliss-reactive ketones (excluding diaryl/α,β-unsaturated/α-hetero) is 1. The summed E-state index contributed by atoms with van der Waals surface area (Å²) < 4.78 is 0. The van der Waals surface area contributed by atoms with Crippen LogP contribution in [0.25, 0.3) is 0 Å². The Bertz CT molecular complexity index is 1570. The number of rotatable bonds is 12. The quantitative estimate of drug-likeness (QED) is 0.173. The third-order valence-electron chi connectivity index (χ3n) is 14.0. The maximum atomic E-state index is 15.0. The number of carbonyl (C=O) groups is 7. The molecule has 13 nitrogen and oxygen atoms in total. The van der Waals surface area contributed by atoms with Crippen molar-refractivity contribution in [2.75, 3.05) is 13.1 Å². The predicted molar refractivity (Wildman–Crippen MR) is 201 cm³/mol. The van der Waals surface area contributed by atoms with E-state index in [2.05, 4.69) is 35.1 Å². The molecule has 0 aromatic heterocycles. The van der Waals surface area contributed by atoms with E-state index in [-0.39, 0.29) is 66.3 Å². The van der Waals surface area contributed by atoms with Gasteiger partial charge in [-0.25, -0.2) is 4.79 Å². The van der Waals surface area contributed by atoms with Gasteiger partial charge in [-0.2, -0.15) is 0 Å². The van der Waals surface area contributed by atoms with Crippen LogP contribution in [0.4, 0.5) is 4.79 Å². The first-order valence-electron chi connectivity index (χ1n) is 20.4.